The van der Waals surface area contributed by atoms with Crippen molar-refractivity contribution in [3.05, 3.63) is 59.4 Å². The second kappa shape index (κ2) is 6.22. The summed E-state index contributed by atoms with van der Waals surface area (Å²) in [5, 5.41) is 0. The van der Waals surface area contributed by atoms with Gasteiger partial charge in [0.2, 0.25) is 0 Å². The monoisotopic (exact) mass is 299 g/mol. The van der Waals surface area contributed by atoms with Crippen LogP contribution in [0.4, 0.5) is 4.39 Å². The minimum atomic E-state index is -0.197. The zero-order chi connectivity index (χ0) is 15.5. The molecule has 4 nitrogen and oxygen atoms in total. The summed E-state index contributed by atoms with van der Waals surface area (Å²) >= 11 is 0. The van der Waals surface area contributed by atoms with Crippen molar-refractivity contribution in [2.24, 2.45) is 0 Å². The molecule has 0 radical (unpaired) electrons. The molecule has 114 valence electrons. The number of carbonyl (C=O) groups excluding carboxylic acids is 1. The zero-order valence-electron chi connectivity index (χ0n) is 12.5. The standard InChI is InChI=1S/C17H18FN3O/c1-2-16-19-9-13(10-20-16)17(22)21-8-7-12(11-21)14-5-3-4-6-15(14)18/h3-6,9-10,12H,2,7-8,11H2,1H3/t12-/m0/s1. The Morgan fingerprint density at radius 3 is 2.73 bits per heavy atom. The minimum Gasteiger partial charge on any atom is -0.338 e. The van der Waals surface area contributed by atoms with Gasteiger partial charge in [-0.05, 0) is 18.1 Å². The van der Waals surface area contributed by atoms with Crippen LogP contribution in [0.25, 0.3) is 0 Å². The maximum Gasteiger partial charge on any atom is 0.257 e. The van der Waals surface area contributed by atoms with E-state index in [1.807, 2.05) is 13.0 Å². The molecule has 0 unspecified atom stereocenters. The Morgan fingerprint density at radius 1 is 1.32 bits per heavy atom. The van der Waals surface area contributed by atoms with Crippen LogP contribution in [0.5, 0.6) is 0 Å². The smallest absolute Gasteiger partial charge is 0.257 e. The molecule has 5 heteroatoms. The van der Waals surface area contributed by atoms with E-state index in [4.69, 9.17) is 0 Å². The van der Waals surface area contributed by atoms with E-state index in [1.165, 1.54) is 6.07 Å². The molecule has 1 saturated heterocycles. The Balaban J connectivity index is 1.72. The second-order valence-corrected chi connectivity index (χ2v) is 5.50. The summed E-state index contributed by atoms with van der Waals surface area (Å²) in [4.78, 5) is 22.5. The first-order valence-electron chi connectivity index (χ1n) is 7.53. The Morgan fingerprint density at radius 2 is 2.05 bits per heavy atom. The summed E-state index contributed by atoms with van der Waals surface area (Å²) in [6, 6.07) is 6.79. The number of hydrogen-bond acceptors (Lipinski definition) is 3. The SMILES string of the molecule is CCc1ncc(C(=O)N2CC[C@H](c3ccccc3F)C2)cn1. The number of benzene rings is 1. The molecule has 1 aromatic heterocycles. The van der Waals surface area contributed by atoms with Gasteiger partial charge >= 0.3 is 0 Å². The topological polar surface area (TPSA) is 46.1 Å². The van der Waals surface area contributed by atoms with Gasteiger partial charge in [-0.25, -0.2) is 14.4 Å². The van der Waals surface area contributed by atoms with Crippen LogP contribution in [0.3, 0.4) is 0 Å². The normalized spacial score (nSPS) is 17.7. The summed E-state index contributed by atoms with van der Waals surface area (Å²) in [6.07, 6.45) is 4.67. The molecule has 2 heterocycles. The maximum atomic E-state index is 13.9. The molecule has 0 N–H and O–H groups in total. The summed E-state index contributed by atoms with van der Waals surface area (Å²) < 4.78 is 13.9. The summed E-state index contributed by atoms with van der Waals surface area (Å²) in [7, 11) is 0. The predicted molar refractivity (Wildman–Crippen MR) is 81.1 cm³/mol. The van der Waals surface area contributed by atoms with Crippen molar-refractivity contribution in [1.29, 1.82) is 0 Å². The number of aryl methyl sites for hydroxylation is 1. The van der Waals surface area contributed by atoms with E-state index in [1.54, 1.807) is 29.4 Å². The van der Waals surface area contributed by atoms with Crippen LogP contribution in [-0.2, 0) is 6.42 Å². The van der Waals surface area contributed by atoms with Gasteiger partial charge in [-0.1, -0.05) is 25.1 Å². The highest BCUT2D eigenvalue weighted by Gasteiger charge is 2.29. The van der Waals surface area contributed by atoms with Gasteiger partial charge in [0, 0.05) is 37.8 Å². The molecule has 0 bridgehead atoms. The van der Waals surface area contributed by atoms with Gasteiger partial charge < -0.3 is 4.90 Å². The number of nitrogens with zero attached hydrogens (tertiary/aromatic N) is 3. The molecule has 1 fully saturated rings. The van der Waals surface area contributed by atoms with Crippen molar-refractivity contribution in [3.63, 3.8) is 0 Å². The summed E-state index contributed by atoms with van der Waals surface area (Å²) in [5.74, 6) is 0.502. The van der Waals surface area contributed by atoms with E-state index >= 15 is 0 Å². The van der Waals surface area contributed by atoms with E-state index < -0.39 is 0 Å². The highest BCUT2D eigenvalue weighted by atomic mass is 19.1. The molecule has 1 aromatic carbocycles. The molecule has 0 aliphatic carbocycles. The van der Waals surface area contributed by atoms with Crippen molar-refractivity contribution < 1.29 is 9.18 Å². The van der Waals surface area contributed by atoms with Crippen molar-refractivity contribution in [3.8, 4) is 0 Å². The lowest BCUT2D eigenvalue weighted by Crippen LogP contribution is -2.28. The van der Waals surface area contributed by atoms with Crippen molar-refractivity contribution >= 4 is 5.91 Å². The Kier molecular flexibility index (Phi) is 4.13. The van der Waals surface area contributed by atoms with Gasteiger partial charge in [0.15, 0.2) is 0 Å². The van der Waals surface area contributed by atoms with Gasteiger partial charge in [0.25, 0.3) is 5.91 Å². The van der Waals surface area contributed by atoms with E-state index in [-0.39, 0.29) is 17.6 Å². The van der Waals surface area contributed by atoms with Gasteiger partial charge in [-0.2, -0.15) is 0 Å². The molecule has 2 aromatic rings. The third-order valence-electron chi connectivity index (χ3n) is 4.09. The average Bonchev–Trinajstić information content (AvgIpc) is 3.04. The number of aromatic nitrogens is 2. The fourth-order valence-electron chi connectivity index (χ4n) is 2.84. The summed E-state index contributed by atoms with van der Waals surface area (Å²) in [6.45, 7) is 3.14. The van der Waals surface area contributed by atoms with Crippen molar-refractivity contribution in [1.82, 2.24) is 14.9 Å². The maximum absolute atomic E-state index is 13.9. The number of carbonyl (C=O) groups is 1. The van der Waals surface area contributed by atoms with Gasteiger partial charge in [0.05, 0.1) is 5.56 Å². The third kappa shape index (κ3) is 2.84. The Hall–Kier alpha value is -2.30. The third-order valence-corrected chi connectivity index (χ3v) is 4.09. The lowest BCUT2D eigenvalue weighted by atomic mass is 9.98. The molecule has 1 aliphatic rings. The quantitative estimate of drug-likeness (QED) is 0.875. The first kappa shape index (κ1) is 14.6. The van der Waals surface area contributed by atoms with Crippen molar-refractivity contribution in [2.75, 3.05) is 13.1 Å². The molecular formula is C17H18FN3O. The van der Waals surface area contributed by atoms with Crippen LogP contribution < -0.4 is 0 Å². The average molecular weight is 299 g/mol. The fourth-order valence-corrected chi connectivity index (χ4v) is 2.84. The number of amides is 1. The molecule has 22 heavy (non-hydrogen) atoms. The van der Waals surface area contributed by atoms with Crippen molar-refractivity contribution in [2.45, 2.75) is 25.7 Å². The molecule has 1 aliphatic heterocycles. The molecule has 1 atom stereocenters. The number of likely N-dealkylation sites (tertiary alicyclic amines) is 1. The largest absolute Gasteiger partial charge is 0.338 e. The number of hydrogen-bond donors (Lipinski definition) is 0. The van der Waals surface area contributed by atoms with Crippen LogP contribution in [0, 0.1) is 5.82 Å². The van der Waals surface area contributed by atoms with E-state index in [9.17, 15) is 9.18 Å². The minimum absolute atomic E-state index is 0.0565. The molecule has 1 amide bonds. The zero-order valence-corrected chi connectivity index (χ0v) is 12.5. The van der Waals surface area contributed by atoms with Gasteiger partial charge in [0.1, 0.15) is 11.6 Å². The molecule has 0 spiro atoms. The lowest BCUT2D eigenvalue weighted by Gasteiger charge is -2.16. The van der Waals surface area contributed by atoms with Crippen LogP contribution >= 0.6 is 0 Å². The second-order valence-electron chi connectivity index (χ2n) is 5.50. The first-order chi connectivity index (χ1) is 10.7. The molecule has 3 rings (SSSR count). The molecule has 0 saturated carbocycles. The van der Waals surface area contributed by atoms with Crippen LogP contribution in [0.2, 0.25) is 0 Å². The molecular weight excluding hydrogens is 281 g/mol. The Bertz CT molecular complexity index is 672. The van der Waals surface area contributed by atoms with Crippen LogP contribution in [0.15, 0.2) is 36.7 Å². The Labute approximate surface area is 129 Å². The highest BCUT2D eigenvalue weighted by molar-refractivity contribution is 5.93. The van der Waals surface area contributed by atoms with E-state index in [0.29, 0.717) is 24.2 Å². The van der Waals surface area contributed by atoms with Gasteiger partial charge in [-0.15, -0.1) is 0 Å². The first-order valence-corrected chi connectivity index (χ1v) is 7.53. The number of rotatable bonds is 3. The highest BCUT2D eigenvalue weighted by Crippen LogP contribution is 2.29. The summed E-state index contributed by atoms with van der Waals surface area (Å²) in [5.41, 5.74) is 1.18. The predicted octanol–water partition coefficient (Wildman–Crippen LogP) is 2.81. The van der Waals surface area contributed by atoms with Gasteiger partial charge in [-0.3, -0.25) is 4.79 Å². The fraction of sp³-hybridized carbons (Fsp3) is 0.353. The van der Waals surface area contributed by atoms with E-state index in [2.05, 4.69) is 9.97 Å². The van der Waals surface area contributed by atoms with Crippen LogP contribution in [0.1, 0.15) is 41.0 Å². The van der Waals surface area contributed by atoms with E-state index in [0.717, 1.165) is 18.7 Å². The number of halogens is 1. The lowest BCUT2D eigenvalue weighted by molar-refractivity contribution is 0.0789. The van der Waals surface area contributed by atoms with Crippen LogP contribution in [-0.4, -0.2) is 33.9 Å².